The second-order valence-electron chi connectivity index (χ2n) is 6.31. The fourth-order valence-corrected chi connectivity index (χ4v) is 3.05. The van der Waals surface area contributed by atoms with E-state index < -0.39 is 0 Å². The number of hydrogen-bond acceptors (Lipinski definition) is 4. The van der Waals surface area contributed by atoms with Gasteiger partial charge >= 0.3 is 0 Å². The number of fused-ring (bicyclic) bond motifs is 1. The topological polar surface area (TPSA) is 95.2 Å². The van der Waals surface area contributed by atoms with Crippen LogP contribution in [0.4, 0.5) is 0 Å². The van der Waals surface area contributed by atoms with Crippen LogP contribution in [0.15, 0.2) is 59.7 Å². The molecule has 0 bridgehead atoms. The van der Waals surface area contributed by atoms with E-state index in [0.717, 1.165) is 33.5 Å². The molecule has 3 N–H and O–H groups in total. The van der Waals surface area contributed by atoms with Crippen LogP contribution in [-0.2, 0) is 0 Å². The van der Waals surface area contributed by atoms with Crippen LogP contribution < -0.4 is 10.2 Å². The van der Waals surface area contributed by atoms with Crippen molar-refractivity contribution >= 4 is 23.0 Å². The number of hydrazone groups is 1. The lowest BCUT2D eigenvalue weighted by atomic mass is 10.1. The molecule has 0 aliphatic carbocycles. The maximum atomic E-state index is 12.4. The van der Waals surface area contributed by atoms with E-state index in [9.17, 15) is 4.79 Å². The third-order valence-corrected chi connectivity index (χ3v) is 4.49. The van der Waals surface area contributed by atoms with Gasteiger partial charge in [-0.25, -0.2) is 5.43 Å². The smallest absolute Gasteiger partial charge is 0.289 e. The normalized spacial score (nSPS) is 11.2. The number of H-pyrrole nitrogens is 2. The van der Waals surface area contributed by atoms with Crippen molar-refractivity contribution in [2.24, 2.45) is 5.10 Å². The molecule has 4 aromatic rings. The molecule has 0 fully saturated rings. The Bertz CT molecular complexity index is 1170. The largest absolute Gasteiger partial charge is 0.497 e. The van der Waals surface area contributed by atoms with E-state index in [2.05, 4.69) is 25.7 Å². The summed E-state index contributed by atoms with van der Waals surface area (Å²) < 4.78 is 5.22. The first-order valence-corrected chi connectivity index (χ1v) is 8.76. The van der Waals surface area contributed by atoms with Gasteiger partial charge in [-0.2, -0.15) is 10.2 Å². The molecule has 0 aliphatic rings. The van der Waals surface area contributed by atoms with E-state index in [4.69, 9.17) is 4.74 Å². The molecule has 0 radical (unpaired) electrons. The van der Waals surface area contributed by atoms with Crippen molar-refractivity contribution in [3.8, 4) is 17.0 Å². The molecule has 0 atom stereocenters. The Kier molecular flexibility index (Phi) is 4.63. The predicted molar refractivity (Wildman–Crippen MR) is 109 cm³/mol. The number of ether oxygens (including phenoxy) is 1. The highest BCUT2D eigenvalue weighted by Gasteiger charge is 2.11. The molecule has 28 heavy (non-hydrogen) atoms. The van der Waals surface area contributed by atoms with Crippen LogP contribution in [0, 0.1) is 6.92 Å². The number of carbonyl (C=O) groups is 1. The summed E-state index contributed by atoms with van der Waals surface area (Å²) in [5, 5.41) is 12.1. The lowest BCUT2D eigenvalue weighted by Crippen LogP contribution is -2.18. The number of hydrogen-bond donors (Lipinski definition) is 3. The summed E-state index contributed by atoms with van der Waals surface area (Å²) in [6.07, 6.45) is 1.64. The Morgan fingerprint density at radius 2 is 2.04 bits per heavy atom. The van der Waals surface area contributed by atoms with Gasteiger partial charge in [0.05, 0.1) is 19.0 Å². The molecule has 4 rings (SSSR count). The predicted octanol–water partition coefficient (Wildman–Crippen LogP) is 3.64. The number of aromatic amines is 2. The molecule has 0 saturated heterocycles. The van der Waals surface area contributed by atoms with E-state index in [-0.39, 0.29) is 5.91 Å². The van der Waals surface area contributed by atoms with Gasteiger partial charge in [-0.15, -0.1) is 0 Å². The minimum atomic E-state index is -0.365. The molecule has 2 aromatic carbocycles. The van der Waals surface area contributed by atoms with E-state index in [1.165, 1.54) is 0 Å². The second-order valence-corrected chi connectivity index (χ2v) is 6.31. The van der Waals surface area contributed by atoms with Crippen molar-refractivity contribution < 1.29 is 9.53 Å². The summed E-state index contributed by atoms with van der Waals surface area (Å²) in [7, 11) is 1.61. The third-order valence-electron chi connectivity index (χ3n) is 4.49. The van der Waals surface area contributed by atoms with Gasteiger partial charge in [0.25, 0.3) is 5.91 Å². The first-order valence-electron chi connectivity index (χ1n) is 8.76. The molecule has 7 heteroatoms. The van der Waals surface area contributed by atoms with E-state index in [0.29, 0.717) is 11.4 Å². The number of methoxy groups -OCH3 is 1. The van der Waals surface area contributed by atoms with Crippen molar-refractivity contribution in [1.82, 2.24) is 20.6 Å². The Morgan fingerprint density at radius 1 is 1.18 bits per heavy atom. The zero-order valence-corrected chi connectivity index (χ0v) is 15.5. The van der Waals surface area contributed by atoms with Gasteiger partial charge in [0, 0.05) is 27.7 Å². The molecule has 2 aromatic heterocycles. The highest BCUT2D eigenvalue weighted by atomic mass is 16.5. The standard InChI is InChI=1S/C21H19N5O2/c1-13-17(16-8-3-4-9-18(16)23-13)12-22-26-21(27)20-11-19(24-25-20)14-6-5-7-15(10-14)28-2/h3-12,23H,1-2H3,(H,24,25)(H,26,27). The van der Waals surface area contributed by atoms with Crippen molar-refractivity contribution in [3.63, 3.8) is 0 Å². The molecule has 0 saturated carbocycles. The van der Waals surface area contributed by atoms with Crippen molar-refractivity contribution in [2.45, 2.75) is 6.92 Å². The monoisotopic (exact) mass is 373 g/mol. The first-order chi connectivity index (χ1) is 13.7. The van der Waals surface area contributed by atoms with Gasteiger partial charge in [-0.05, 0) is 31.2 Å². The Hall–Kier alpha value is -3.87. The van der Waals surface area contributed by atoms with Crippen LogP contribution >= 0.6 is 0 Å². The number of nitrogens with zero attached hydrogens (tertiary/aromatic N) is 2. The lowest BCUT2D eigenvalue weighted by Gasteiger charge is -2.00. The van der Waals surface area contributed by atoms with Crippen LogP contribution in [0.3, 0.4) is 0 Å². The zero-order chi connectivity index (χ0) is 19.5. The van der Waals surface area contributed by atoms with Crippen LogP contribution in [0.2, 0.25) is 0 Å². The van der Waals surface area contributed by atoms with Crippen molar-refractivity contribution in [3.05, 3.63) is 71.5 Å². The molecule has 1 amide bonds. The maximum Gasteiger partial charge on any atom is 0.289 e. The molecule has 7 nitrogen and oxygen atoms in total. The third kappa shape index (κ3) is 3.37. The van der Waals surface area contributed by atoms with Crippen LogP contribution in [-0.4, -0.2) is 34.4 Å². The Labute approximate surface area is 161 Å². The lowest BCUT2D eigenvalue weighted by molar-refractivity contribution is 0.0950. The minimum Gasteiger partial charge on any atom is -0.497 e. The number of nitrogens with one attached hydrogen (secondary N) is 3. The summed E-state index contributed by atoms with van der Waals surface area (Å²) in [6.45, 7) is 1.97. The van der Waals surface area contributed by atoms with Crippen LogP contribution in [0.1, 0.15) is 21.7 Å². The van der Waals surface area contributed by atoms with Gasteiger partial charge in [0.1, 0.15) is 11.4 Å². The zero-order valence-electron chi connectivity index (χ0n) is 15.5. The van der Waals surface area contributed by atoms with Crippen LogP contribution in [0.5, 0.6) is 5.75 Å². The minimum absolute atomic E-state index is 0.325. The van der Waals surface area contributed by atoms with Gasteiger partial charge in [0.2, 0.25) is 0 Å². The quantitative estimate of drug-likeness (QED) is 0.368. The molecule has 0 spiro atoms. The van der Waals surface area contributed by atoms with E-state index in [1.54, 1.807) is 19.4 Å². The SMILES string of the molecule is COc1cccc(-c2cc(C(=O)NN=Cc3c(C)[nH]c4ccccc34)[nH]n2)c1. The maximum absolute atomic E-state index is 12.4. The number of aromatic nitrogens is 3. The number of carbonyl (C=O) groups excluding carboxylic acids is 1. The van der Waals surface area contributed by atoms with E-state index in [1.807, 2.05) is 55.5 Å². The molecule has 0 unspecified atom stereocenters. The Morgan fingerprint density at radius 3 is 2.89 bits per heavy atom. The number of aryl methyl sites for hydroxylation is 1. The fraction of sp³-hybridized carbons (Fsp3) is 0.0952. The molecular weight excluding hydrogens is 354 g/mol. The van der Waals surface area contributed by atoms with Gasteiger partial charge in [-0.1, -0.05) is 30.3 Å². The van der Waals surface area contributed by atoms with Crippen LogP contribution in [0.25, 0.3) is 22.2 Å². The molecule has 0 aliphatic heterocycles. The summed E-state index contributed by atoms with van der Waals surface area (Å²) in [4.78, 5) is 15.7. The Balaban J connectivity index is 1.49. The van der Waals surface area contributed by atoms with Gasteiger partial charge in [0.15, 0.2) is 0 Å². The number of rotatable bonds is 5. The average Bonchev–Trinajstić information content (AvgIpc) is 3.33. The summed E-state index contributed by atoms with van der Waals surface area (Å²) in [5.41, 5.74) is 7.33. The van der Waals surface area contributed by atoms with Crippen molar-refractivity contribution in [2.75, 3.05) is 7.11 Å². The summed E-state index contributed by atoms with van der Waals surface area (Å²) in [5.74, 6) is 0.362. The summed E-state index contributed by atoms with van der Waals surface area (Å²) >= 11 is 0. The molecule has 2 heterocycles. The average molecular weight is 373 g/mol. The van der Waals surface area contributed by atoms with Gasteiger partial charge in [-0.3, -0.25) is 9.89 Å². The number of benzene rings is 2. The molecule has 140 valence electrons. The van der Waals surface area contributed by atoms with E-state index >= 15 is 0 Å². The second kappa shape index (κ2) is 7.40. The van der Waals surface area contributed by atoms with Crippen molar-refractivity contribution in [1.29, 1.82) is 0 Å². The number of amides is 1. The summed E-state index contributed by atoms with van der Waals surface area (Å²) in [6, 6.07) is 17.1. The number of para-hydroxylation sites is 1. The highest BCUT2D eigenvalue weighted by Crippen LogP contribution is 2.23. The molecular formula is C21H19N5O2. The van der Waals surface area contributed by atoms with Gasteiger partial charge < -0.3 is 9.72 Å². The fourth-order valence-electron chi connectivity index (χ4n) is 3.05. The first kappa shape index (κ1) is 17.5. The highest BCUT2D eigenvalue weighted by molar-refractivity contribution is 6.01.